The number of hydrogen-bond acceptors (Lipinski definition) is 3. The molecule has 0 aliphatic heterocycles. The zero-order chi connectivity index (χ0) is 11.8. The zero-order valence-electron chi connectivity index (χ0n) is 8.79. The molecule has 84 valence electrons. The third-order valence-corrected chi connectivity index (χ3v) is 2.53. The number of imidazole rings is 1. The highest BCUT2D eigenvalue weighted by atomic mass is 16.3. The first kappa shape index (κ1) is 9.65. The van der Waals surface area contributed by atoms with Crippen molar-refractivity contribution in [3.05, 3.63) is 52.9 Å². The van der Waals surface area contributed by atoms with Crippen LogP contribution in [0.1, 0.15) is 0 Å². The average Bonchev–Trinajstić information content (AvgIpc) is 2.71. The molecule has 0 radical (unpaired) electrons. The standard InChI is InChI=1S/C12H9N3O2/c16-10-7-15-11(17)6-9(13-12(15)14-10)8-4-2-1-3-5-8/h1-7,16H,(H,13,14). The summed E-state index contributed by atoms with van der Waals surface area (Å²) < 4.78 is 1.27. The van der Waals surface area contributed by atoms with Crippen molar-refractivity contribution in [2.24, 2.45) is 0 Å². The molecule has 17 heavy (non-hydrogen) atoms. The highest BCUT2D eigenvalue weighted by Gasteiger charge is 2.06. The molecule has 0 aliphatic rings. The van der Waals surface area contributed by atoms with E-state index >= 15 is 0 Å². The Morgan fingerprint density at radius 1 is 1.24 bits per heavy atom. The van der Waals surface area contributed by atoms with Gasteiger partial charge in [0, 0.05) is 6.07 Å². The topological polar surface area (TPSA) is 70.4 Å². The summed E-state index contributed by atoms with van der Waals surface area (Å²) in [5.41, 5.74) is 1.34. The zero-order valence-corrected chi connectivity index (χ0v) is 8.79. The van der Waals surface area contributed by atoms with E-state index in [1.54, 1.807) is 0 Å². The van der Waals surface area contributed by atoms with Crippen molar-refractivity contribution in [3.63, 3.8) is 0 Å². The van der Waals surface area contributed by atoms with Gasteiger partial charge in [0.15, 0.2) is 0 Å². The Kier molecular flexibility index (Phi) is 1.98. The number of nitrogens with zero attached hydrogens (tertiary/aromatic N) is 2. The van der Waals surface area contributed by atoms with Gasteiger partial charge in [-0.3, -0.25) is 4.79 Å². The predicted molar refractivity (Wildman–Crippen MR) is 62.9 cm³/mol. The van der Waals surface area contributed by atoms with E-state index in [9.17, 15) is 9.90 Å². The molecule has 0 fully saturated rings. The van der Waals surface area contributed by atoms with E-state index in [1.807, 2.05) is 30.3 Å². The van der Waals surface area contributed by atoms with E-state index in [1.165, 1.54) is 16.7 Å². The molecular formula is C12H9N3O2. The fourth-order valence-corrected chi connectivity index (χ4v) is 1.75. The largest absolute Gasteiger partial charge is 0.492 e. The van der Waals surface area contributed by atoms with Gasteiger partial charge in [-0.1, -0.05) is 30.3 Å². The molecule has 0 saturated heterocycles. The SMILES string of the molecule is O=c1cc(-c2ccccc2)[nH]c2nc(O)cn12. The van der Waals surface area contributed by atoms with Gasteiger partial charge in [-0.25, -0.2) is 4.40 Å². The van der Waals surface area contributed by atoms with E-state index in [0.29, 0.717) is 11.5 Å². The van der Waals surface area contributed by atoms with Crippen LogP contribution in [-0.2, 0) is 0 Å². The van der Waals surface area contributed by atoms with Gasteiger partial charge in [0.05, 0.1) is 11.9 Å². The second-order valence-electron chi connectivity index (χ2n) is 3.68. The van der Waals surface area contributed by atoms with E-state index in [4.69, 9.17) is 0 Å². The number of aromatic hydroxyl groups is 1. The van der Waals surface area contributed by atoms with Crippen LogP contribution in [0.2, 0.25) is 0 Å². The lowest BCUT2D eigenvalue weighted by Gasteiger charge is -2.01. The molecule has 3 aromatic rings. The summed E-state index contributed by atoms with van der Waals surface area (Å²) in [6.07, 6.45) is 1.28. The van der Waals surface area contributed by atoms with E-state index in [0.717, 1.165) is 5.56 Å². The lowest BCUT2D eigenvalue weighted by Crippen LogP contribution is -2.12. The Balaban J connectivity index is 2.29. The number of aromatic nitrogens is 3. The summed E-state index contributed by atoms with van der Waals surface area (Å²) in [4.78, 5) is 18.6. The fraction of sp³-hybridized carbons (Fsp3) is 0. The van der Waals surface area contributed by atoms with Crippen LogP contribution >= 0.6 is 0 Å². The van der Waals surface area contributed by atoms with Crippen LogP contribution in [0.25, 0.3) is 17.0 Å². The summed E-state index contributed by atoms with van der Waals surface area (Å²) in [6.45, 7) is 0. The van der Waals surface area contributed by atoms with E-state index < -0.39 is 0 Å². The molecule has 0 bridgehead atoms. The molecule has 2 heterocycles. The van der Waals surface area contributed by atoms with Gasteiger partial charge in [0.25, 0.3) is 5.56 Å². The van der Waals surface area contributed by atoms with Crippen molar-refractivity contribution in [3.8, 4) is 17.1 Å². The molecular weight excluding hydrogens is 218 g/mol. The van der Waals surface area contributed by atoms with E-state index in [-0.39, 0.29) is 11.4 Å². The van der Waals surface area contributed by atoms with Crippen LogP contribution in [0, 0.1) is 0 Å². The first-order valence-electron chi connectivity index (χ1n) is 5.11. The second-order valence-corrected chi connectivity index (χ2v) is 3.68. The number of hydrogen-bond donors (Lipinski definition) is 2. The highest BCUT2D eigenvalue weighted by molar-refractivity contribution is 5.60. The first-order chi connectivity index (χ1) is 8.24. The Hall–Kier alpha value is -2.56. The molecule has 0 atom stereocenters. The molecule has 2 N–H and O–H groups in total. The number of fused-ring (bicyclic) bond motifs is 1. The molecule has 3 rings (SSSR count). The Bertz CT molecular complexity index is 728. The number of aromatic amines is 1. The van der Waals surface area contributed by atoms with Crippen LogP contribution in [-0.4, -0.2) is 19.5 Å². The molecule has 5 nitrogen and oxygen atoms in total. The van der Waals surface area contributed by atoms with Crippen LogP contribution < -0.4 is 5.56 Å². The summed E-state index contributed by atoms with van der Waals surface area (Å²) in [5.74, 6) is 0.150. The molecule has 0 unspecified atom stereocenters. The number of nitrogens with one attached hydrogen (secondary N) is 1. The van der Waals surface area contributed by atoms with Crippen LogP contribution in [0.5, 0.6) is 5.88 Å². The van der Waals surface area contributed by atoms with E-state index in [2.05, 4.69) is 9.97 Å². The molecule has 1 aromatic carbocycles. The second kappa shape index (κ2) is 3.48. The minimum Gasteiger partial charge on any atom is -0.492 e. The minimum atomic E-state index is -0.231. The Morgan fingerprint density at radius 2 is 2.00 bits per heavy atom. The average molecular weight is 227 g/mol. The normalized spacial score (nSPS) is 10.8. The van der Waals surface area contributed by atoms with Crippen molar-refractivity contribution < 1.29 is 5.11 Å². The molecule has 5 heteroatoms. The van der Waals surface area contributed by atoms with Gasteiger partial charge in [-0.2, -0.15) is 4.98 Å². The Labute approximate surface area is 96.0 Å². The van der Waals surface area contributed by atoms with Crippen molar-refractivity contribution in [1.82, 2.24) is 14.4 Å². The quantitative estimate of drug-likeness (QED) is 0.660. The number of rotatable bonds is 1. The molecule has 0 spiro atoms. The maximum atomic E-state index is 11.8. The Morgan fingerprint density at radius 3 is 2.76 bits per heavy atom. The van der Waals surface area contributed by atoms with Crippen molar-refractivity contribution in [2.45, 2.75) is 0 Å². The molecule has 2 aromatic heterocycles. The molecule has 0 saturated carbocycles. The summed E-state index contributed by atoms with van der Waals surface area (Å²) in [6, 6.07) is 10.9. The van der Waals surface area contributed by atoms with Crippen LogP contribution in [0.15, 0.2) is 47.4 Å². The van der Waals surface area contributed by atoms with Crippen molar-refractivity contribution in [2.75, 3.05) is 0 Å². The number of H-pyrrole nitrogens is 1. The van der Waals surface area contributed by atoms with Crippen molar-refractivity contribution in [1.29, 1.82) is 0 Å². The van der Waals surface area contributed by atoms with Gasteiger partial charge < -0.3 is 10.1 Å². The third-order valence-electron chi connectivity index (χ3n) is 2.53. The summed E-state index contributed by atoms with van der Waals surface area (Å²) in [5, 5.41) is 9.25. The van der Waals surface area contributed by atoms with Gasteiger partial charge >= 0.3 is 0 Å². The van der Waals surface area contributed by atoms with Crippen LogP contribution in [0.4, 0.5) is 0 Å². The molecule has 0 amide bonds. The van der Waals surface area contributed by atoms with Crippen LogP contribution in [0.3, 0.4) is 0 Å². The van der Waals surface area contributed by atoms with Gasteiger partial charge in [0.1, 0.15) is 0 Å². The fourth-order valence-electron chi connectivity index (χ4n) is 1.75. The summed E-state index contributed by atoms with van der Waals surface area (Å²) in [7, 11) is 0. The lowest BCUT2D eigenvalue weighted by atomic mass is 10.1. The van der Waals surface area contributed by atoms with Gasteiger partial charge in [-0.15, -0.1) is 0 Å². The smallest absolute Gasteiger partial charge is 0.259 e. The summed E-state index contributed by atoms with van der Waals surface area (Å²) >= 11 is 0. The van der Waals surface area contributed by atoms with Crippen molar-refractivity contribution >= 4 is 5.78 Å². The first-order valence-corrected chi connectivity index (χ1v) is 5.11. The molecule has 0 aliphatic carbocycles. The lowest BCUT2D eigenvalue weighted by molar-refractivity contribution is 0.457. The minimum absolute atomic E-state index is 0.177. The highest BCUT2D eigenvalue weighted by Crippen LogP contribution is 2.16. The maximum absolute atomic E-state index is 11.8. The predicted octanol–water partition coefficient (Wildman–Crippen LogP) is 1.40. The monoisotopic (exact) mass is 227 g/mol. The van der Waals surface area contributed by atoms with Gasteiger partial charge in [-0.05, 0) is 5.56 Å². The third kappa shape index (κ3) is 1.57. The van der Waals surface area contributed by atoms with Gasteiger partial charge in [0.2, 0.25) is 11.7 Å². The number of benzene rings is 1. The maximum Gasteiger partial charge on any atom is 0.259 e.